The molecule has 2 atom stereocenters. The number of hydrogen-bond donors (Lipinski definition) is 1. The smallest absolute Gasteiger partial charge is 0.406 e. The zero-order valence-corrected chi connectivity index (χ0v) is 17.4. The molecule has 1 aromatic carbocycles. The molecule has 0 aliphatic rings. The number of hydrogen-bond acceptors (Lipinski definition) is 3. The lowest BCUT2D eigenvalue weighted by Gasteiger charge is -2.41. The molecular formula is C21H34ClNO3. The summed E-state index contributed by atoms with van der Waals surface area (Å²) in [5.41, 5.74) is 0.745. The average molecular weight is 384 g/mol. The van der Waals surface area contributed by atoms with E-state index >= 15 is 0 Å². The lowest BCUT2D eigenvalue weighted by molar-refractivity contribution is -0.103. The van der Waals surface area contributed by atoms with Crippen LogP contribution in [0.2, 0.25) is 5.02 Å². The molecule has 0 saturated heterocycles. The molecule has 0 radical (unpaired) electrons. The van der Waals surface area contributed by atoms with Gasteiger partial charge in [0, 0.05) is 11.6 Å². The second kappa shape index (κ2) is 12.2. The van der Waals surface area contributed by atoms with Crippen LogP contribution in [0, 0.1) is 5.92 Å². The molecule has 0 fully saturated rings. The summed E-state index contributed by atoms with van der Waals surface area (Å²) in [6.45, 7) is 7.48. The number of carbonyl (C=O) groups excluding carboxylic acids is 1. The third-order valence-electron chi connectivity index (χ3n) is 4.91. The molecule has 0 unspecified atom stereocenters. The van der Waals surface area contributed by atoms with Crippen molar-refractivity contribution in [3.63, 3.8) is 0 Å². The van der Waals surface area contributed by atoms with Crippen LogP contribution in [0.1, 0.15) is 64.9 Å². The van der Waals surface area contributed by atoms with E-state index in [-0.39, 0.29) is 5.60 Å². The maximum Gasteiger partial charge on any atom is 0.406 e. The second-order valence-electron chi connectivity index (χ2n) is 6.66. The Morgan fingerprint density at radius 2 is 2.04 bits per heavy atom. The summed E-state index contributed by atoms with van der Waals surface area (Å²) in [6, 6.07) is 8.03. The van der Waals surface area contributed by atoms with Gasteiger partial charge >= 0.3 is 6.09 Å². The van der Waals surface area contributed by atoms with E-state index in [1.807, 2.05) is 18.2 Å². The Hall–Kier alpha value is -1.26. The second-order valence-corrected chi connectivity index (χ2v) is 7.10. The van der Waals surface area contributed by atoms with Crippen LogP contribution in [0.3, 0.4) is 0 Å². The molecule has 0 spiro atoms. The molecule has 4 nitrogen and oxygen atoms in total. The van der Waals surface area contributed by atoms with E-state index in [1.54, 1.807) is 0 Å². The van der Waals surface area contributed by atoms with Gasteiger partial charge in [0.2, 0.25) is 0 Å². The van der Waals surface area contributed by atoms with Crippen LogP contribution >= 0.6 is 11.6 Å². The molecule has 1 amide bonds. The fourth-order valence-corrected chi connectivity index (χ4v) is 3.85. The number of alkyl carbamates (subject to hydrolysis) is 1. The highest BCUT2D eigenvalue weighted by Gasteiger charge is 2.39. The standard InChI is InChI=1S/C21H34ClNO3/c1-5-8-10-17(7-3)21(13-6-2,18-11-9-12-19(22)16-18)26-15-14-23-20(24)25-4/h9,11-12,16-17H,5-8,10,13-15H2,1-4H3,(H,23,24)/t17-,21+/m0/s1. The van der Waals surface area contributed by atoms with Gasteiger partial charge < -0.3 is 14.8 Å². The molecule has 1 aromatic rings. The van der Waals surface area contributed by atoms with E-state index in [0.29, 0.717) is 19.1 Å². The molecule has 0 saturated carbocycles. The average Bonchev–Trinajstić information content (AvgIpc) is 2.65. The Morgan fingerprint density at radius 1 is 1.27 bits per heavy atom. The van der Waals surface area contributed by atoms with Gasteiger partial charge in [-0.05, 0) is 36.5 Å². The Morgan fingerprint density at radius 3 is 2.62 bits per heavy atom. The SMILES string of the molecule is CCCC[C@H](CC)[C@@](CCC)(OCCNC(=O)OC)c1cccc(Cl)c1. The fourth-order valence-electron chi connectivity index (χ4n) is 3.66. The molecule has 0 bridgehead atoms. The molecule has 0 aromatic heterocycles. The number of methoxy groups -OCH3 is 1. The Bertz CT molecular complexity index is 538. The normalized spacial score (nSPS) is 14.5. The van der Waals surface area contributed by atoms with E-state index in [9.17, 15) is 4.79 Å². The van der Waals surface area contributed by atoms with Gasteiger partial charge in [0.15, 0.2) is 0 Å². The summed E-state index contributed by atoms with van der Waals surface area (Å²) in [5.74, 6) is 0.402. The molecule has 5 heteroatoms. The molecule has 0 aliphatic heterocycles. The molecular weight excluding hydrogens is 350 g/mol. The van der Waals surface area contributed by atoms with E-state index < -0.39 is 6.09 Å². The minimum atomic E-state index is -0.435. The summed E-state index contributed by atoms with van der Waals surface area (Å²) in [4.78, 5) is 11.3. The molecule has 0 aliphatic carbocycles. The minimum absolute atomic E-state index is 0.388. The Balaban J connectivity index is 3.11. The monoisotopic (exact) mass is 383 g/mol. The number of rotatable bonds is 12. The van der Waals surface area contributed by atoms with Crippen molar-refractivity contribution in [1.29, 1.82) is 0 Å². The zero-order chi connectivity index (χ0) is 19.4. The third kappa shape index (κ3) is 6.48. The van der Waals surface area contributed by atoms with Crippen molar-refractivity contribution in [3.05, 3.63) is 34.9 Å². The number of unbranched alkanes of at least 4 members (excludes halogenated alkanes) is 1. The lowest BCUT2D eigenvalue weighted by Crippen LogP contribution is -2.40. The van der Waals surface area contributed by atoms with Gasteiger partial charge in [-0.25, -0.2) is 4.79 Å². The minimum Gasteiger partial charge on any atom is -0.453 e. The van der Waals surface area contributed by atoms with E-state index in [0.717, 1.165) is 42.7 Å². The lowest BCUT2D eigenvalue weighted by atomic mass is 9.74. The Labute approximate surface area is 163 Å². The van der Waals surface area contributed by atoms with Crippen LogP contribution < -0.4 is 5.32 Å². The van der Waals surface area contributed by atoms with Gasteiger partial charge in [0.05, 0.1) is 19.3 Å². The quantitative estimate of drug-likeness (QED) is 0.455. The molecule has 148 valence electrons. The third-order valence-corrected chi connectivity index (χ3v) is 5.14. The van der Waals surface area contributed by atoms with Crippen molar-refractivity contribution in [2.45, 2.75) is 64.9 Å². The number of amides is 1. The van der Waals surface area contributed by atoms with Crippen molar-refractivity contribution >= 4 is 17.7 Å². The van der Waals surface area contributed by atoms with Crippen LogP contribution in [0.25, 0.3) is 0 Å². The van der Waals surface area contributed by atoms with E-state index in [4.69, 9.17) is 16.3 Å². The first-order valence-corrected chi connectivity index (χ1v) is 10.1. The summed E-state index contributed by atoms with van der Waals surface area (Å²) >= 11 is 6.30. The zero-order valence-electron chi connectivity index (χ0n) is 16.6. The van der Waals surface area contributed by atoms with Gasteiger partial charge in [-0.3, -0.25) is 0 Å². The first kappa shape index (κ1) is 22.8. The number of carbonyl (C=O) groups is 1. The van der Waals surface area contributed by atoms with Crippen molar-refractivity contribution < 1.29 is 14.3 Å². The number of halogens is 1. The highest BCUT2D eigenvalue weighted by molar-refractivity contribution is 6.30. The van der Waals surface area contributed by atoms with Crippen LogP contribution in [0.4, 0.5) is 4.79 Å². The maximum absolute atomic E-state index is 11.3. The van der Waals surface area contributed by atoms with Gasteiger partial charge in [-0.1, -0.05) is 70.2 Å². The summed E-state index contributed by atoms with van der Waals surface area (Å²) in [7, 11) is 1.36. The largest absolute Gasteiger partial charge is 0.453 e. The van der Waals surface area contributed by atoms with Gasteiger partial charge in [-0.15, -0.1) is 0 Å². The van der Waals surface area contributed by atoms with E-state index in [1.165, 1.54) is 13.5 Å². The summed E-state index contributed by atoms with van der Waals surface area (Å²) in [6.07, 6.45) is 6.00. The molecule has 1 N–H and O–H groups in total. The highest BCUT2D eigenvalue weighted by atomic mass is 35.5. The number of nitrogens with one attached hydrogen (secondary N) is 1. The van der Waals surface area contributed by atoms with Crippen LogP contribution in [-0.2, 0) is 15.1 Å². The van der Waals surface area contributed by atoms with Gasteiger partial charge in [0.25, 0.3) is 0 Å². The number of ether oxygens (including phenoxy) is 2. The topological polar surface area (TPSA) is 47.6 Å². The van der Waals surface area contributed by atoms with Crippen LogP contribution in [0.5, 0.6) is 0 Å². The summed E-state index contributed by atoms with van der Waals surface area (Å²) < 4.78 is 11.2. The van der Waals surface area contributed by atoms with Crippen molar-refractivity contribution in [3.8, 4) is 0 Å². The molecule has 1 rings (SSSR count). The van der Waals surface area contributed by atoms with Gasteiger partial charge in [-0.2, -0.15) is 0 Å². The molecule has 26 heavy (non-hydrogen) atoms. The predicted octanol–water partition coefficient (Wildman–Crippen LogP) is 5.92. The summed E-state index contributed by atoms with van der Waals surface area (Å²) in [5, 5.41) is 3.42. The van der Waals surface area contributed by atoms with Gasteiger partial charge in [0.1, 0.15) is 0 Å². The first-order chi connectivity index (χ1) is 12.5. The predicted molar refractivity (Wildman–Crippen MR) is 108 cm³/mol. The first-order valence-electron chi connectivity index (χ1n) is 9.75. The van der Waals surface area contributed by atoms with Crippen LogP contribution in [0.15, 0.2) is 24.3 Å². The Kier molecular flexibility index (Phi) is 10.7. The van der Waals surface area contributed by atoms with E-state index in [2.05, 4.69) is 36.9 Å². The fraction of sp³-hybridized carbons (Fsp3) is 0.667. The number of benzene rings is 1. The van der Waals surface area contributed by atoms with Crippen molar-refractivity contribution in [2.24, 2.45) is 5.92 Å². The molecule has 0 heterocycles. The van der Waals surface area contributed by atoms with Crippen molar-refractivity contribution in [2.75, 3.05) is 20.3 Å². The highest BCUT2D eigenvalue weighted by Crippen LogP contribution is 2.43. The van der Waals surface area contributed by atoms with Crippen molar-refractivity contribution in [1.82, 2.24) is 5.32 Å². The van der Waals surface area contributed by atoms with Crippen LogP contribution in [-0.4, -0.2) is 26.4 Å². The maximum atomic E-state index is 11.3.